The number of para-hydroxylation sites is 1. The van der Waals surface area contributed by atoms with Crippen molar-refractivity contribution < 1.29 is 4.74 Å². The molecule has 172 valence electrons. The maximum absolute atomic E-state index is 12.5. The summed E-state index contributed by atoms with van der Waals surface area (Å²) in [5, 5.41) is 14.0. The number of rotatable bonds is 9. The van der Waals surface area contributed by atoms with Crippen LogP contribution in [0.15, 0.2) is 65.6 Å². The predicted molar refractivity (Wildman–Crippen MR) is 128 cm³/mol. The molecule has 0 aliphatic carbocycles. The minimum atomic E-state index is -0.113. The van der Waals surface area contributed by atoms with Crippen molar-refractivity contribution in [2.75, 3.05) is 0 Å². The highest BCUT2D eigenvalue weighted by Crippen LogP contribution is 2.27. The lowest BCUT2D eigenvalue weighted by molar-refractivity contribution is 0.307. The highest BCUT2D eigenvalue weighted by molar-refractivity contribution is 5.74. The van der Waals surface area contributed by atoms with Crippen molar-refractivity contribution in [3.05, 3.63) is 88.1 Å². The van der Waals surface area contributed by atoms with Crippen LogP contribution in [0, 0.1) is 0 Å². The van der Waals surface area contributed by atoms with Crippen LogP contribution in [0.4, 0.5) is 0 Å². The zero-order chi connectivity index (χ0) is 23.3. The lowest BCUT2D eigenvalue weighted by Gasteiger charge is -2.11. The number of aromatic amines is 2. The van der Waals surface area contributed by atoms with Gasteiger partial charge in [-0.1, -0.05) is 49.7 Å². The van der Waals surface area contributed by atoms with Gasteiger partial charge in [-0.3, -0.25) is 4.79 Å². The Morgan fingerprint density at radius 3 is 2.65 bits per heavy atom. The lowest BCUT2D eigenvalue weighted by atomic mass is 10.1. The average Bonchev–Trinajstić information content (AvgIpc) is 3.52. The number of nitrogens with one attached hydrogen (secondary N) is 2. The van der Waals surface area contributed by atoms with E-state index in [2.05, 4.69) is 44.7 Å². The molecule has 0 saturated heterocycles. The summed E-state index contributed by atoms with van der Waals surface area (Å²) in [7, 11) is 0. The first-order chi connectivity index (χ1) is 16.7. The third-order valence-corrected chi connectivity index (χ3v) is 5.74. The van der Waals surface area contributed by atoms with Crippen molar-refractivity contribution in [3.8, 4) is 17.1 Å². The van der Waals surface area contributed by atoms with Crippen LogP contribution in [0.2, 0.25) is 0 Å². The third-order valence-electron chi connectivity index (χ3n) is 5.74. The van der Waals surface area contributed by atoms with E-state index in [1.54, 1.807) is 6.20 Å². The molecule has 0 spiro atoms. The molecule has 0 fully saturated rings. The number of nitrogens with zero attached hydrogens (tertiary/aromatic N) is 5. The molecule has 0 bridgehead atoms. The van der Waals surface area contributed by atoms with Crippen molar-refractivity contribution in [2.24, 2.45) is 0 Å². The van der Waals surface area contributed by atoms with Gasteiger partial charge in [0.25, 0.3) is 5.56 Å². The summed E-state index contributed by atoms with van der Waals surface area (Å²) < 4.78 is 8.09. The number of fused-ring (bicyclic) bond motifs is 1. The van der Waals surface area contributed by atoms with E-state index in [1.807, 2.05) is 47.0 Å². The van der Waals surface area contributed by atoms with E-state index in [1.165, 1.54) is 0 Å². The number of unbranched alkanes of at least 4 members (excludes halogenated alkanes) is 1. The molecule has 5 aromatic rings. The Bertz CT molecular complexity index is 1440. The molecule has 0 aliphatic heterocycles. The number of ether oxygens (including phenoxy) is 1. The predicted octanol–water partition coefficient (Wildman–Crippen LogP) is 3.87. The van der Waals surface area contributed by atoms with E-state index in [0.717, 1.165) is 47.3 Å². The second kappa shape index (κ2) is 9.70. The Kier molecular flexibility index (Phi) is 6.15. The zero-order valence-electron chi connectivity index (χ0n) is 18.9. The normalized spacial score (nSPS) is 11.2. The Morgan fingerprint density at radius 1 is 1.03 bits per heavy atom. The molecule has 0 amide bonds. The summed E-state index contributed by atoms with van der Waals surface area (Å²) in [6.07, 6.45) is 4.60. The van der Waals surface area contributed by atoms with Crippen LogP contribution in [0.1, 0.15) is 36.7 Å². The van der Waals surface area contributed by atoms with E-state index in [9.17, 15) is 4.79 Å². The monoisotopic (exact) mass is 455 g/mol. The van der Waals surface area contributed by atoms with E-state index in [4.69, 9.17) is 9.72 Å². The van der Waals surface area contributed by atoms with Gasteiger partial charge in [-0.05, 0) is 46.2 Å². The van der Waals surface area contributed by atoms with E-state index in [0.29, 0.717) is 30.2 Å². The maximum atomic E-state index is 12.5. The smallest absolute Gasteiger partial charge is 0.274 e. The second-order valence-electron chi connectivity index (χ2n) is 8.11. The topological polar surface area (TPSA) is 114 Å². The van der Waals surface area contributed by atoms with Crippen molar-refractivity contribution in [3.63, 3.8) is 0 Å². The Labute approximate surface area is 195 Å². The number of aryl methyl sites for hydroxylation is 1. The van der Waals surface area contributed by atoms with Gasteiger partial charge in [0, 0.05) is 19.2 Å². The summed E-state index contributed by atoms with van der Waals surface area (Å²) in [6, 6.07) is 17.7. The van der Waals surface area contributed by atoms with Gasteiger partial charge in [0.2, 0.25) is 0 Å². The fourth-order valence-corrected chi connectivity index (χ4v) is 3.98. The molecule has 3 heterocycles. The zero-order valence-corrected chi connectivity index (χ0v) is 18.9. The highest BCUT2D eigenvalue weighted by atomic mass is 16.5. The number of pyridine rings is 1. The molecule has 2 aromatic carbocycles. The molecular formula is C25H25N7O2. The van der Waals surface area contributed by atoms with Crippen LogP contribution in [0.25, 0.3) is 22.4 Å². The fourth-order valence-electron chi connectivity index (χ4n) is 3.98. The van der Waals surface area contributed by atoms with Gasteiger partial charge < -0.3 is 14.3 Å². The number of hydrogen-bond acceptors (Lipinski definition) is 6. The number of H-pyrrole nitrogens is 2. The summed E-state index contributed by atoms with van der Waals surface area (Å²) in [5.41, 5.74) is 4.19. The summed E-state index contributed by atoms with van der Waals surface area (Å²) in [5.74, 6) is 2.21. The van der Waals surface area contributed by atoms with E-state index in [-0.39, 0.29) is 5.56 Å². The number of tetrazole rings is 1. The molecule has 34 heavy (non-hydrogen) atoms. The number of imidazole rings is 1. The third kappa shape index (κ3) is 4.45. The molecule has 0 aliphatic rings. The molecule has 9 heteroatoms. The molecule has 0 saturated carbocycles. The average molecular weight is 456 g/mol. The largest absolute Gasteiger partial charge is 0.488 e. The lowest BCUT2D eigenvalue weighted by Crippen LogP contribution is -2.13. The van der Waals surface area contributed by atoms with Crippen LogP contribution in [0.3, 0.4) is 0 Å². The quantitative estimate of drug-likeness (QED) is 0.349. The Hall–Kier alpha value is -4.27. The van der Waals surface area contributed by atoms with Crippen LogP contribution in [0.5, 0.6) is 5.75 Å². The molecule has 0 radical (unpaired) electrons. The summed E-state index contributed by atoms with van der Waals surface area (Å²) >= 11 is 0. The van der Waals surface area contributed by atoms with Gasteiger partial charge in [0.15, 0.2) is 5.82 Å². The van der Waals surface area contributed by atoms with E-state index >= 15 is 0 Å². The standard InChI is InChI=1S/C25H25N7O2/c1-2-3-8-22-27-20-13-14-26-25(33)23(20)32(22)15-17-9-11-18(12-10-17)16-34-21-7-5-4-6-19(21)24-28-30-31-29-24/h4-7,9-14H,2-3,8,15-16H2,1H3,(H,26,33)(H,28,29,30,31). The number of aromatic nitrogens is 7. The van der Waals surface area contributed by atoms with Gasteiger partial charge in [0.05, 0.1) is 11.1 Å². The molecule has 0 unspecified atom stereocenters. The molecule has 3 aromatic heterocycles. The first kappa shape index (κ1) is 21.6. The van der Waals surface area contributed by atoms with Crippen LogP contribution in [-0.2, 0) is 19.6 Å². The molecular weight excluding hydrogens is 430 g/mol. The molecule has 2 N–H and O–H groups in total. The van der Waals surface area contributed by atoms with Crippen molar-refractivity contribution in [1.82, 2.24) is 35.2 Å². The second-order valence-corrected chi connectivity index (χ2v) is 8.11. The van der Waals surface area contributed by atoms with Crippen molar-refractivity contribution >= 4 is 11.0 Å². The maximum Gasteiger partial charge on any atom is 0.274 e. The van der Waals surface area contributed by atoms with Crippen molar-refractivity contribution in [2.45, 2.75) is 39.3 Å². The van der Waals surface area contributed by atoms with Crippen LogP contribution < -0.4 is 10.3 Å². The minimum Gasteiger partial charge on any atom is -0.488 e. The number of benzene rings is 2. The molecule has 5 rings (SSSR count). The fraction of sp³-hybridized carbons (Fsp3) is 0.240. The SMILES string of the molecule is CCCCc1nc2cc[nH]c(=O)c2n1Cc1ccc(COc2ccccc2-c2nnn[nH]2)cc1. The van der Waals surface area contributed by atoms with Gasteiger partial charge in [-0.25, -0.2) is 10.1 Å². The first-order valence-corrected chi connectivity index (χ1v) is 11.3. The summed E-state index contributed by atoms with van der Waals surface area (Å²) in [4.78, 5) is 20.0. The minimum absolute atomic E-state index is 0.113. The Morgan fingerprint density at radius 2 is 1.85 bits per heavy atom. The van der Waals surface area contributed by atoms with Gasteiger partial charge in [0.1, 0.15) is 23.7 Å². The van der Waals surface area contributed by atoms with Crippen molar-refractivity contribution in [1.29, 1.82) is 0 Å². The Balaban J connectivity index is 1.33. The van der Waals surface area contributed by atoms with Gasteiger partial charge in [-0.15, -0.1) is 5.10 Å². The van der Waals surface area contributed by atoms with Crippen LogP contribution >= 0.6 is 0 Å². The molecule has 9 nitrogen and oxygen atoms in total. The van der Waals surface area contributed by atoms with E-state index < -0.39 is 0 Å². The van der Waals surface area contributed by atoms with Gasteiger partial charge >= 0.3 is 0 Å². The summed E-state index contributed by atoms with van der Waals surface area (Å²) in [6.45, 7) is 3.15. The van der Waals surface area contributed by atoms with Gasteiger partial charge in [-0.2, -0.15) is 0 Å². The van der Waals surface area contributed by atoms with Crippen LogP contribution in [-0.4, -0.2) is 35.2 Å². The molecule has 0 atom stereocenters. The number of hydrogen-bond donors (Lipinski definition) is 2. The highest BCUT2D eigenvalue weighted by Gasteiger charge is 2.14. The first-order valence-electron chi connectivity index (χ1n) is 11.3.